The minimum Gasteiger partial charge on any atom is -0.376 e. The lowest BCUT2D eigenvalue weighted by Gasteiger charge is -2.35. The molecular formula is C19H24N6O2. The predicted octanol–water partition coefficient (Wildman–Crippen LogP) is 1.11. The molecule has 1 amide bonds. The van der Waals surface area contributed by atoms with Crippen LogP contribution in [-0.2, 0) is 4.74 Å². The Morgan fingerprint density at radius 3 is 2.70 bits per heavy atom. The number of piperazine rings is 1. The molecule has 2 aliphatic heterocycles. The maximum atomic E-state index is 12.4. The summed E-state index contributed by atoms with van der Waals surface area (Å²) in [4.78, 5) is 30.0. The summed E-state index contributed by atoms with van der Waals surface area (Å²) in [6, 6.07) is 7.59. The van der Waals surface area contributed by atoms with Crippen molar-refractivity contribution in [2.75, 3.05) is 49.1 Å². The monoisotopic (exact) mass is 368 g/mol. The smallest absolute Gasteiger partial charge is 0.270 e. The molecule has 0 aliphatic carbocycles. The summed E-state index contributed by atoms with van der Waals surface area (Å²) in [6.07, 6.45) is 5.63. The van der Waals surface area contributed by atoms with Crippen molar-refractivity contribution in [2.45, 2.75) is 18.9 Å². The van der Waals surface area contributed by atoms with Crippen molar-refractivity contribution in [2.24, 2.45) is 0 Å². The molecular weight excluding hydrogens is 344 g/mol. The SMILES string of the molecule is O=C(NCC1CCCO1)c1ccnc(N2CCN(c3ccccn3)CC2)n1. The zero-order valence-corrected chi connectivity index (χ0v) is 15.3. The van der Waals surface area contributed by atoms with Gasteiger partial charge in [0.2, 0.25) is 5.95 Å². The molecule has 0 radical (unpaired) electrons. The summed E-state index contributed by atoms with van der Waals surface area (Å²) in [5.74, 6) is 1.40. The number of ether oxygens (including phenoxy) is 1. The fraction of sp³-hybridized carbons (Fsp3) is 0.474. The van der Waals surface area contributed by atoms with E-state index in [4.69, 9.17) is 4.74 Å². The third-order valence-electron chi connectivity index (χ3n) is 4.93. The van der Waals surface area contributed by atoms with Crippen molar-refractivity contribution in [1.82, 2.24) is 20.3 Å². The number of aromatic nitrogens is 3. The molecule has 1 N–H and O–H groups in total. The number of anilines is 2. The van der Waals surface area contributed by atoms with Crippen LogP contribution in [0.15, 0.2) is 36.7 Å². The third kappa shape index (κ3) is 4.33. The number of rotatable bonds is 5. The Balaban J connectivity index is 1.34. The van der Waals surface area contributed by atoms with Crippen molar-refractivity contribution in [3.8, 4) is 0 Å². The molecule has 0 aromatic carbocycles. The molecule has 142 valence electrons. The van der Waals surface area contributed by atoms with Crippen LogP contribution in [0.5, 0.6) is 0 Å². The normalized spacial score (nSPS) is 19.9. The predicted molar refractivity (Wildman–Crippen MR) is 102 cm³/mol. The van der Waals surface area contributed by atoms with E-state index in [1.165, 1.54) is 0 Å². The van der Waals surface area contributed by atoms with Gasteiger partial charge >= 0.3 is 0 Å². The van der Waals surface area contributed by atoms with E-state index in [2.05, 4.69) is 30.1 Å². The van der Waals surface area contributed by atoms with Gasteiger partial charge in [-0.05, 0) is 31.0 Å². The first kappa shape index (κ1) is 17.7. The Bertz CT molecular complexity index is 758. The Morgan fingerprint density at radius 1 is 1.11 bits per heavy atom. The summed E-state index contributed by atoms with van der Waals surface area (Å²) in [6.45, 7) is 4.57. The van der Waals surface area contributed by atoms with E-state index in [0.717, 1.165) is 51.4 Å². The Kier molecular flexibility index (Phi) is 5.43. The Hall–Kier alpha value is -2.74. The molecule has 8 heteroatoms. The number of nitrogens with zero attached hydrogens (tertiary/aromatic N) is 5. The van der Waals surface area contributed by atoms with Gasteiger partial charge in [-0.15, -0.1) is 0 Å². The van der Waals surface area contributed by atoms with Gasteiger partial charge < -0.3 is 19.9 Å². The Morgan fingerprint density at radius 2 is 1.96 bits per heavy atom. The maximum Gasteiger partial charge on any atom is 0.270 e. The Labute approximate surface area is 158 Å². The minimum absolute atomic E-state index is 0.120. The van der Waals surface area contributed by atoms with Crippen LogP contribution in [0.3, 0.4) is 0 Å². The second-order valence-electron chi connectivity index (χ2n) is 6.75. The molecule has 2 aliphatic rings. The standard InChI is InChI=1S/C19H24N6O2/c26-18(22-14-15-4-3-13-27-15)16-6-8-21-19(23-16)25-11-9-24(10-12-25)17-5-1-2-7-20-17/h1-2,5-8,15H,3-4,9-14H2,(H,22,26). The van der Waals surface area contributed by atoms with Gasteiger partial charge in [0.15, 0.2) is 0 Å². The van der Waals surface area contributed by atoms with Crippen molar-refractivity contribution in [3.63, 3.8) is 0 Å². The molecule has 2 fully saturated rings. The highest BCUT2D eigenvalue weighted by Gasteiger charge is 2.21. The van der Waals surface area contributed by atoms with Gasteiger partial charge in [-0.3, -0.25) is 4.79 Å². The number of amides is 1. The van der Waals surface area contributed by atoms with Gasteiger partial charge in [0, 0.05) is 51.7 Å². The van der Waals surface area contributed by atoms with Crippen LogP contribution in [-0.4, -0.2) is 66.3 Å². The number of hydrogen-bond donors (Lipinski definition) is 1. The van der Waals surface area contributed by atoms with Gasteiger partial charge in [0.25, 0.3) is 5.91 Å². The minimum atomic E-state index is -0.179. The van der Waals surface area contributed by atoms with Gasteiger partial charge in [-0.25, -0.2) is 15.0 Å². The van der Waals surface area contributed by atoms with Gasteiger partial charge in [0.1, 0.15) is 11.5 Å². The van der Waals surface area contributed by atoms with Crippen molar-refractivity contribution in [1.29, 1.82) is 0 Å². The summed E-state index contributed by atoms with van der Waals surface area (Å²) in [7, 11) is 0. The van der Waals surface area contributed by atoms with Crippen LogP contribution in [0.25, 0.3) is 0 Å². The molecule has 2 saturated heterocycles. The number of carbonyl (C=O) groups is 1. The van der Waals surface area contributed by atoms with Gasteiger partial charge in [0.05, 0.1) is 6.10 Å². The van der Waals surface area contributed by atoms with Crippen LogP contribution in [0.1, 0.15) is 23.3 Å². The lowest BCUT2D eigenvalue weighted by molar-refractivity contribution is 0.0853. The first-order valence-corrected chi connectivity index (χ1v) is 9.43. The van der Waals surface area contributed by atoms with Crippen LogP contribution >= 0.6 is 0 Å². The van der Waals surface area contributed by atoms with Crippen molar-refractivity contribution < 1.29 is 9.53 Å². The lowest BCUT2D eigenvalue weighted by Crippen LogP contribution is -2.47. The van der Waals surface area contributed by atoms with E-state index in [1.807, 2.05) is 24.4 Å². The molecule has 0 saturated carbocycles. The van der Waals surface area contributed by atoms with E-state index < -0.39 is 0 Å². The number of pyridine rings is 1. The molecule has 2 aromatic rings. The van der Waals surface area contributed by atoms with Crippen LogP contribution in [0, 0.1) is 0 Å². The van der Waals surface area contributed by atoms with Gasteiger partial charge in [-0.1, -0.05) is 6.07 Å². The summed E-state index contributed by atoms with van der Waals surface area (Å²) >= 11 is 0. The van der Waals surface area contributed by atoms with Crippen molar-refractivity contribution >= 4 is 17.7 Å². The highest BCUT2D eigenvalue weighted by atomic mass is 16.5. The van der Waals surface area contributed by atoms with E-state index in [-0.39, 0.29) is 12.0 Å². The zero-order valence-electron chi connectivity index (χ0n) is 15.3. The van der Waals surface area contributed by atoms with E-state index in [0.29, 0.717) is 18.2 Å². The highest BCUT2D eigenvalue weighted by molar-refractivity contribution is 5.92. The van der Waals surface area contributed by atoms with Crippen LogP contribution in [0.2, 0.25) is 0 Å². The van der Waals surface area contributed by atoms with E-state index in [1.54, 1.807) is 12.3 Å². The molecule has 0 bridgehead atoms. The maximum absolute atomic E-state index is 12.4. The third-order valence-corrected chi connectivity index (χ3v) is 4.93. The molecule has 1 atom stereocenters. The summed E-state index contributed by atoms with van der Waals surface area (Å²) in [5, 5.41) is 2.91. The molecule has 27 heavy (non-hydrogen) atoms. The van der Waals surface area contributed by atoms with Gasteiger partial charge in [-0.2, -0.15) is 0 Å². The van der Waals surface area contributed by atoms with Crippen LogP contribution < -0.4 is 15.1 Å². The molecule has 8 nitrogen and oxygen atoms in total. The highest BCUT2D eigenvalue weighted by Crippen LogP contribution is 2.16. The van der Waals surface area contributed by atoms with Crippen molar-refractivity contribution in [3.05, 3.63) is 42.4 Å². The van der Waals surface area contributed by atoms with Crippen LogP contribution in [0.4, 0.5) is 11.8 Å². The molecule has 1 unspecified atom stereocenters. The molecule has 0 spiro atoms. The summed E-state index contributed by atoms with van der Waals surface area (Å²) in [5.41, 5.74) is 0.394. The topological polar surface area (TPSA) is 83.5 Å². The van der Waals surface area contributed by atoms with E-state index in [9.17, 15) is 4.79 Å². The average molecular weight is 368 g/mol. The molecule has 4 heterocycles. The quantitative estimate of drug-likeness (QED) is 0.846. The zero-order chi connectivity index (χ0) is 18.5. The molecule has 2 aromatic heterocycles. The fourth-order valence-corrected chi connectivity index (χ4v) is 3.41. The molecule has 4 rings (SSSR count). The second kappa shape index (κ2) is 8.30. The number of nitrogens with one attached hydrogen (secondary N) is 1. The first-order chi connectivity index (χ1) is 13.3. The number of hydrogen-bond acceptors (Lipinski definition) is 7. The summed E-state index contributed by atoms with van der Waals surface area (Å²) < 4.78 is 5.54. The first-order valence-electron chi connectivity index (χ1n) is 9.43. The fourth-order valence-electron chi connectivity index (χ4n) is 3.41. The lowest BCUT2D eigenvalue weighted by atomic mass is 10.2. The second-order valence-corrected chi connectivity index (χ2v) is 6.75. The van der Waals surface area contributed by atoms with E-state index >= 15 is 0 Å². The largest absolute Gasteiger partial charge is 0.376 e. The average Bonchev–Trinajstić information content (AvgIpc) is 3.27. The number of carbonyl (C=O) groups excluding carboxylic acids is 1.